The number of rotatable bonds is 2. The Kier molecular flexibility index (Phi) is 2.96. The third-order valence-electron chi connectivity index (χ3n) is 1.52. The molecule has 0 aliphatic carbocycles. The maximum atomic E-state index is 10.7. The minimum absolute atomic E-state index is 0.0288. The van der Waals surface area contributed by atoms with E-state index < -0.39 is 5.97 Å². The maximum Gasteiger partial charge on any atom is 0.337 e. The van der Waals surface area contributed by atoms with Gasteiger partial charge in [-0.15, -0.1) is 0 Å². The summed E-state index contributed by atoms with van der Waals surface area (Å²) in [6, 6.07) is 2.89. The molecule has 4 heteroatoms. The van der Waals surface area contributed by atoms with Crippen LogP contribution in [0.25, 0.3) is 6.08 Å². The van der Waals surface area contributed by atoms with Gasteiger partial charge in [-0.2, -0.15) is 0 Å². The molecule has 13 heavy (non-hydrogen) atoms. The van der Waals surface area contributed by atoms with Crippen LogP contribution in [0.5, 0.6) is 0 Å². The molecule has 1 aromatic carbocycles. The van der Waals surface area contributed by atoms with Gasteiger partial charge in [0.25, 0.3) is 0 Å². The van der Waals surface area contributed by atoms with Gasteiger partial charge in [0, 0.05) is 5.02 Å². The molecule has 0 radical (unpaired) electrons. The van der Waals surface area contributed by atoms with Crippen molar-refractivity contribution < 1.29 is 9.90 Å². The molecule has 68 valence electrons. The Bertz CT molecular complexity index is 372. The summed E-state index contributed by atoms with van der Waals surface area (Å²) < 4.78 is 0. The summed E-state index contributed by atoms with van der Waals surface area (Å²) in [6.07, 6.45) is 1.40. The van der Waals surface area contributed by atoms with Crippen molar-refractivity contribution in [3.63, 3.8) is 0 Å². The zero-order valence-corrected chi connectivity index (χ0v) is 8.06. The van der Waals surface area contributed by atoms with Gasteiger partial charge in [0.2, 0.25) is 0 Å². The van der Waals surface area contributed by atoms with Crippen LogP contribution in [0.1, 0.15) is 15.9 Å². The van der Waals surface area contributed by atoms with Crippen molar-refractivity contribution >= 4 is 35.2 Å². The van der Waals surface area contributed by atoms with Gasteiger partial charge < -0.3 is 5.11 Å². The first-order chi connectivity index (χ1) is 6.06. The van der Waals surface area contributed by atoms with E-state index in [9.17, 15) is 4.79 Å². The van der Waals surface area contributed by atoms with E-state index >= 15 is 0 Å². The average Bonchev–Trinajstić information content (AvgIpc) is 2.01. The first kappa shape index (κ1) is 10.1. The molecule has 0 heterocycles. The van der Waals surface area contributed by atoms with Crippen molar-refractivity contribution in [2.24, 2.45) is 0 Å². The summed E-state index contributed by atoms with van der Waals surface area (Å²) in [5, 5.41) is 9.31. The van der Waals surface area contributed by atoms with E-state index in [2.05, 4.69) is 6.58 Å². The van der Waals surface area contributed by atoms with Crippen LogP contribution in [0.15, 0.2) is 18.7 Å². The lowest BCUT2D eigenvalue weighted by atomic mass is 10.1. The number of hydrogen-bond acceptors (Lipinski definition) is 1. The van der Waals surface area contributed by atoms with Gasteiger partial charge in [-0.3, -0.25) is 0 Å². The third-order valence-corrected chi connectivity index (χ3v) is 2.04. The van der Waals surface area contributed by atoms with Crippen LogP contribution in [-0.4, -0.2) is 11.1 Å². The molecule has 2 nitrogen and oxygen atoms in total. The molecule has 0 bridgehead atoms. The molecule has 0 unspecified atom stereocenters. The predicted molar refractivity (Wildman–Crippen MR) is 53.5 cm³/mol. The highest BCUT2D eigenvalue weighted by atomic mass is 35.5. The lowest BCUT2D eigenvalue weighted by Crippen LogP contribution is -2.00. The number of benzene rings is 1. The second kappa shape index (κ2) is 3.81. The van der Waals surface area contributed by atoms with E-state index in [1.807, 2.05) is 0 Å². The molecule has 0 spiro atoms. The first-order valence-electron chi connectivity index (χ1n) is 3.41. The maximum absolute atomic E-state index is 10.7. The number of carbonyl (C=O) groups is 1. The van der Waals surface area contributed by atoms with Crippen molar-refractivity contribution in [2.75, 3.05) is 0 Å². The van der Waals surface area contributed by atoms with E-state index in [4.69, 9.17) is 28.3 Å². The lowest BCUT2D eigenvalue weighted by Gasteiger charge is -2.03. The summed E-state index contributed by atoms with van der Waals surface area (Å²) in [6.45, 7) is 3.48. The van der Waals surface area contributed by atoms with Crippen molar-refractivity contribution in [2.45, 2.75) is 0 Å². The fourth-order valence-electron chi connectivity index (χ4n) is 0.980. The summed E-state index contributed by atoms with van der Waals surface area (Å²) in [7, 11) is 0. The lowest BCUT2D eigenvalue weighted by molar-refractivity contribution is 0.0697. The van der Waals surface area contributed by atoms with Crippen LogP contribution < -0.4 is 0 Å². The van der Waals surface area contributed by atoms with Gasteiger partial charge in [-0.1, -0.05) is 35.9 Å². The van der Waals surface area contributed by atoms with Crippen molar-refractivity contribution in [3.8, 4) is 0 Å². The Labute approximate surface area is 85.4 Å². The van der Waals surface area contributed by atoms with Crippen LogP contribution in [0.2, 0.25) is 10.0 Å². The molecule has 0 aliphatic heterocycles. The number of carboxylic acids is 1. The molecule has 0 atom stereocenters. The van der Waals surface area contributed by atoms with E-state index in [-0.39, 0.29) is 10.6 Å². The SMILES string of the molecule is C=Cc1cc(Cl)cc(Cl)c1C(=O)O. The van der Waals surface area contributed by atoms with E-state index in [1.165, 1.54) is 18.2 Å². The molecular formula is C9H6Cl2O2. The molecule has 0 saturated carbocycles. The Balaban J connectivity index is 3.47. The molecule has 0 aliphatic rings. The highest BCUT2D eigenvalue weighted by Gasteiger charge is 2.13. The summed E-state index contributed by atoms with van der Waals surface area (Å²) in [5.41, 5.74) is 0.450. The molecule has 0 saturated heterocycles. The number of carboxylic acid groups (broad SMARTS) is 1. The smallest absolute Gasteiger partial charge is 0.337 e. The van der Waals surface area contributed by atoms with Crippen molar-refractivity contribution in [1.29, 1.82) is 0 Å². The van der Waals surface area contributed by atoms with Crippen LogP contribution in [0.4, 0.5) is 0 Å². The summed E-state index contributed by atoms with van der Waals surface area (Å²) in [4.78, 5) is 10.7. The quantitative estimate of drug-likeness (QED) is 0.824. The average molecular weight is 217 g/mol. The van der Waals surface area contributed by atoms with Crippen molar-refractivity contribution in [3.05, 3.63) is 39.9 Å². The molecule has 1 aromatic rings. The van der Waals surface area contributed by atoms with Crippen LogP contribution in [-0.2, 0) is 0 Å². The minimum Gasteiger partial charge on any atom is -0.478 e. The fraction of sp³-hybridized carbons (Fsp3) is 0. The monoisotopic (exact) mass is 216 g/mol. The predicted octanol–water partition coefficient (Wildman–Crippen LogP) is 3.33. The van der Waals surface area contributed by atoms with Gasteiger partial charge in [-0.05, 0) is 17.7 Å². The molecule has 0 fully saturated rings. The van der Waals surface area contributed by atoms with Gasteiger partial charge in [0.05, 0.1) is 10.6 Å². The largest absolute Gasteiger partial charge is 0.478 e. The normalized spacial score (nSPS) is 9.69. The van der Waals surface area contributed by atoms with Gasteiger partial charge in [0.1, 0.15) is 0 Å². The Morgan fingerprint density at radius 1 is 1.46 bits per heavy atom. The zero-order chi connectivity index (χ0) is 10.0. The highest BCUT2D eigenvalue weighted by molar-refractivity contribution is 6.37. The fourth-order valence-corrected chi connectivity index (χ4v) is 1.57. The summed E-state index contributed by atoms with van der Waals surface area (Å²) in [5.74, 6) is -1.09. The highest BCUT2D eigenvalue weighted by Crippen LogP contribution is 2.25. The van der Waals surface area contributed by atoms with E-state index in [0.717, 1.165) is 0 Å². The second-order valence-corrected chi connectivity index (χ2v) is 3.20. The molecule has 1 rings (SSSR count). The summed E-state index contributed by atoms with van der Waals surface area (Å²) >= 11 is 11.4. The van der Waals surface area contributed by atoms with E-state index in [1.54, 1.807) is 0 Å². The molecular weight excluding hydrogens is 211 g/mol. The van der Waals surface area contributed by atoms with E-state index in [0.29, 0.717) is 10.6 Å². The number of aromatic carboxylic acids is 1. The number of halogens is 2. The van der Waals surface area contributed by atoms with Crippen LogP contribution >= 0.6 is 23.2 Å². The molecule has 0 aromatic heterocycles. The van der Waals surface area contributed by atoms with Gasteiger partial charge in [-0.25, -0.2) is 4.79 Å². The molecule has 0 amide bonds. The van der Waals surface area contributed by atoms with Crippen molar-refractivity contribution in [1.82, 2.24) is 0 Å². The molecule has 1 N–H and O–H groups in total. The Morgan fingerprint density at radius 2 is 2.08 bits per heavy atom. The van der Waals surface area contributed by atoms with Crippen LogP contribution in [0, 0.1) is 0 Å². The topological polar surface area (TPSA) is 37.3 Å². The first-order valence-corrected chi connectivity index (χ1v) is 4.16. The van der Waals surface area contributed by atoms with Gasteiger partial charge >= 0.3 is 5.97 Å². The Hall–Kier alpha value is -0.990. The Morgan fingerprint density at radius 3 is 2.54 bits per heavy atom. The minimum atomic E-state index is -1.09. The number of hydrogen-bond donors (Lipinski definition) is 1. The standard InChI is InChI=1S/C9H6Cl2O2/c1-2-5-3-6(10)4-7(11)8(5)9(12)13/h2-4H,1H2,(H,12,13). The van der Waals surface area contributed by atoms with Crippen LogP contribution in [0.3, 0.4) is 0 Å². The third kappa shape index (κ3) is 2.02. The van der Waals surface area contributed by atoms with Gasteiger partial charge in [0.15, 0.2) is 0 Å². The second-order valence-electron chi connectivity index (χ2n) is 2.36. The zero-order valence-electron chi connectivity index (χ0n) is 6.55.